The van der Waals surface area contributed by atoms with Crippen molar-refractivity contribution in [2.24, 2.45) is 0 Å². The van der Waals surface area contributed by atoms with E-state index in [1.165, 1.54) is 0 Å². The number of ether oxygens (including phenoxy) is 1. The van der Waals surface area contributed by atoms with Crippen LogP contribution in [0.3, 0.4) is 0 Å². The number of nitrogens with zero attached hydrogens (tertiary/aromatic N) is 3. The molecule has 0 radical (unpaired) electrons. The van der Waals surface area contributed by atoms with Gasteiger partial charge < -0.3 is 20.4 Å². The highest BCUT2D eigenvalue weighted by Crippen LogP contribution is 2.29. The van der Waals surface area contributed by atoms with Gasteiger partial charge in [0.05, 0.1) is 11.0 Å². The Bertz CT molecular complexity index is 988. The third kappa shape index (κ3) is 4.43. The van der Waals surface area contributed by atoms with Crippen LogP contribution in [0, 0.1) is 0 Å². The molecule has 0 atom stereocenters. The molecule has 0 amide bonds. The Morgan fingerprint density at radius 1 is 1.21 bits per heavy atom. The van der Waals surface area contributed by atoms with Crippen LogP contribution in [0.2, 0.25) is 0 Å². The number of nitrogens with two attached hydrogens (primary N) is 1. The second-order valence-electron chi connectivity index (χ2n) is 7.72. The highest BCUT2D eigenvalue weighted by atomic mass is 16.5. The lowest BCUT2D eigenvalue weighted by Crippen LogP contribution is -2.34. The smallest absolute Gasteiger partial charge is 0.152 e. The number of hydrogen-bond acceptors (Lipinski definition) is 5. The molecule has 6 nitrogen and oxygen atoms in total. The molecular formula is C23H31N5O. The molecule has 2 aromatic heterocycles. The quantitative estimate of drug-likeness (QED) is 0.569. The largest absolute Gasteiger partial charge is 0.382 e. The highest BCUT2D eigenvalue weighted by molar-refractivity contribution is 6.06. The van der Waals surface area contributed by atoms with Crippen molar-refractivity contribution >= 4 is 27.8 Å². The van der Waals surface area contributed by atoms with Gasteiger partial charge in [0.1, 0.15) is 11.3 Å². The third-order valence-electron chi connectivity index (χ3n) is 5.64. The van der Waals surface area contributed by atoms with Gasteiger partial charge in [-0.1, -0.05) is 43.7 Å². The second kappa shape index (κ2) is 9.37. The molecule has 0 saturated carbocycles. The number of aromatic nitrogens is 3. The summed E-state index contributed by atoms with van der Waals surface area (Å²) in [5, 5.41) is 4.72. The maximum Gasteiger partial charge on any atom is 0.152 e. The van der Waals surface area contributed by atoms with Crippen molar-refractivity contribution in [3.8, 4) is 0 Å². The summed E-state index contributed by atoms with van der Waals surface area (Å²) in [6.07, 6.45) is 9.85. The average molecular weight is 394 g/mol. The van der Waals surface area contributed by atoms with Crippen LogP contribution in [-0.2, 0) is 17.7 Å². The minimum Gasteiger partial charge on any atom is -0.382 e. The van der Waals surface area contributed by atoms with Crippen LogP contribution in [-0.4, -0.2) is 40.3 Å². The van der Waals surface area contributed by atoms with E-state index in [1.54, 1.807) is 0 Å². The first kappa shape index (κ1) is 19.9. The van der Waals surface area contributed by atoms with Gasteiger partial charge in [0, 0.05) is 44.2 Å². The number of rotatable bonds is 8. The Labute approximate surface area is 172 Å². The average Bonchev–Trinajstić information content (AvgIpc) is 3.12. The third-order valence-corrected chi connectivity index (χ3v) is 5.64. The van der Waals surface area contributed by atoms with E-state index in [2.05, 4.69) is 46.1 Å². The van der Waals surface area contributed by atoms with E-state index in [9.17, 15) is 0 Å². The predicted octanol–water partition coefficient (Wildman–Crippen LogP) is 3.83. The zero-order valence-electron chi connectivity index (χ0n) is 17.2. The maximum atomic E-state index is 6.27. The van der Waals surface area contributed by atoms with Gasteiger partial charge in [-0.05, 0) is 25.3 Å². The van der Waals surface area contributed by atoms with E-state index < -0.39 is 0 Å². The van der Waals surface area contributed by atoms with E-state index in [-0.39, 0.29) is 0 Å². The molecule has 4 rings (SSSR count). The van der Waals surface area contributed by atoms with E-state index in [1.807, 2.05) is 12.1 Å². The zero-order chi connectivity index (χ0) is 20.1. The summed E-state index contributed by atoms with van der Waals surface area (Å²) >= 11 is 0. The predicted molar refractivity (Wildman–Crippen MR) is 119 cm³/mol. The number of unbranched alkanes of at least 4 members (excludes halogenated alkanes) is 1. The SMILES string of the molecule is CCCCc1nc2c(N)nc3ccccc3c2n1C/C=C\CNC1CCOCC1. The number of benzene rings is 1. The molecule has 3 aromatic rings. The van der Waals surface area contributed by atoms with Crippen molar-refractivity contribution in [1.29, 1.82) is 0 Å². The fourth-order valence-corrected chi connectivity index (χ4v) is 4.03. The zero-order valence-corrected chi connectivity index (χ0v) is 17.2. The summed E-state index contributed by atoms with van der Waals surface area (Å²) < 4.78 is 7.74. The summed E-state index contributed by atoms with van der Waals surface area (Å²) in [7, 11) is 0. The van der Waals surface area contributed by atoms with Gasteiger partial charge in [0.25, 0.3) is 0 Å². The molecular weight excluding hydrogens is 362 g/mol. The number of nitrogen functional groups attached to an aromatic ring is 1. The van der Waals surface area contributed by atoms with Crippen LogP contribution >= 0.6 is 0 Å². The molecule has 3 N–H and O–H groups in total. The summed E-state index contributed by atoms with van der Waals surface area (Å²) in [6.45, 7) is 5.61. The molecule has 3 heterocycles. The number of nitrogens with one attached hydrogen (secondary N) is 1. The van der Waals surface area contributed by atoms with Gasteiger partial charge in [-0.25, -0.2) is 9.97 Å². The number of hydrogen-bond donors (Lipinski definition) is 2. The summed E-state index contributed by atoms with van der Waals surface area (Å²) in [5.41, 5.74) is 9.11. The van der Waals surface area contributed by atoms with Crippen molar-refractivity contribution < 1.29 is 4.74 Å². The Morgan fingerprint density at radius 2 is 2.03 bits per heavy atom. The first-order valence-electron chi connectivity index (χ1n) is 10.8. The normalized spacial score (nSPS) is 15.8. The van der Waals surface area contributed by atoms with E-state index in [0.29, 0.717) is 11.9 Å². The lowest BCUT2D eigenvalue weighted by atomic mass is 10.1. The van der Waals surface area contributed by atoms with Crippen molar-refractivity contribution in [3.63, 3.8) is 0 Å². The van der Waals surface area contributed by atoms with Crippen molar-refractivity contribution in [2.75, 3.05) is 25.5 Å². The molecule has 0 aliphatic carbocycles. The van der Waals surface area contributed by atoms with Gasteiger partial charge >= 0.3 is 0 Å². The fraction of sp³-hybridized carbons (Fsp3) is 0.478. The number of fused-ring (bicyclic) bond motifs is 3. The highest BCUT2D eigenvalue weighted by Gasteiger charge is 2.16. The van der Waals surface area contributed by atoms with Crippen molar-refractivity contribution in [3.05, 3.63) is 42.2 Å². The first-order valence-corrected chi connectivity index (χ1v) is 10.8. The van der Waals surface area contributed by atoms with Gasteiger partial charge in [-0.15, -0.1) is 0 Å². The van der Waals surface area contributed by atoms with Gasteiger partial charge in [0.15, 0.2) is 5.82 Å². The van der Waals surface area contributed by atoms with E-state index >= 15 is 0 Å². The molecule has 1 aliphatic rings. The van der Waals surface area contributed by atoms with Crippen molar-refractivity contribution in [2.45, 2.75) is 51.6 Å². The van der Waals surface area contributed by atoms with Crippen LogP contribution in [0.4, 0.5) is 5.82 Å². The molecule has 1 aliphatic heterocycles. The lowest BCUT2D eigenvalue weighted by Gasteiger charge is -2.22. The van der Waals surface area contributed by atoms with Gasteiger partial charge in [0.2, 0.25) is 0 Å². The molecule has 29 heavy (non-hydrogen) atoms. The number of imidazole rings is 1. The minimum absolute atomic E-state index is 0.514. The van der Waals surface area contributed by atoms with Crippen LogP contribution in [0.15, 0.2) is 36.4 Å². The Morgan fingerprint density at radius 3 is 2.86 bits per heavy atom. The molecule has 0 unspecified atom stereocenters. The molecule has 0 spiro atoms. The van der Waals surface area contributed by atoms with Crippen LogP contribution in [0.5, 0.6) is 0 Å². The Kier molecular flexibility index (Phi) is 6.42. The summed E-state index contributed by atoms with van der Waals surface area (Å²) in [4.78, 5) is 9.45. The van der Waals surface area contributed by atoms with Crippen molar-refractivity contribution in [1.82, 2.24) is 19.9 Å². The molecule has 0 bridgehead atoms. The summed E-state index contributed by atoms with van der Waals surface area (Å²) in [5.74, 6) is 1.61. The Balaban J connectivity index is 1.59. The monoisotopic (exact) mass is 393 g/mol. The molecule has 154 valence electrons. The number of aryl methyl sites for hydroxylation is 1. The number of anilines is 1. The molecule has 1 saturated heterocycles. The molecule has 1 fully saturated rings. The topological polar surface area (TPSA) is 78.0 Å². The second-order valence-corrected chi connectivity index (χ2v) is 7.72. The fourth-order valence-electron chi connectivity index (χ4n) is 4.03. The van der Waals surface area contributed by atoms with Gasteiger partial charge in [-0.2, -0.15) is 0 Å². The van der Waals surface area contributed by atoms with E-state index in [0.717, 1.165) is 86.2 Å². The molecule has 1 aromatic carbocycles. The van der Waals surface area contributed by atoms with Crippen LogP contribution in [0.1, 0.15) is 38.4 Å². The van der Waals surface area contributed by atoms with E-state index in [4.69, 9.17) is 15.5 Å². The first-order chi connectivity index (χ1) is 14.3. The maximum absolute atomic E-state index is 6.27. The van der Waals surface area contributed by atoms with Crippen LogP contribution in [0.25, 0.3) is 21.9 Å². The minimum atomic E-state index is 0.514. The number of pyridine rings is 1. The molecule has 6 heteroatoms. The van der Waals surface area contributed by atoms with Gasteiger partial charge in [-0.3, -0.25) is 0 Å². The lowest BCUT2D eigenvalue weighted by molar-refractivity contribution is 0.0789. The van der Waals surface area contributed by atoms with Crippen LogP contribution < -0.4 is 11.1 Å². The number of allylic oxidation sites excluding steroid dienone is 1. The summed E-state index contributed by atoms with van der Waals surface area (Å²) in [6, 6.07) is 8.75. The standard InChI is InChI=1S/C23H31N5O/c1-2-3-10-20-27-21-22(18-8-4-5-9-19(18)26-23(21)24)28(20)14-7-6-13-25-17-11-15-29-16-12-17/h4-9,17,25H,2-3,10-16H2,1H3,(H2,24,26)/b7-6-. The Hall–Kier alpha value is -2.44. The number of para-hydroxylation sites is 1.